The second kappa shape index (κ2) is 7.72. The molecule has 0 radical (unpaired) electrons. The van der Waals surface area contributed by atoms with Crippen LogP contribution in [0.4, 0.5) is 4.39 Å². The quantitative estimate of drug-likeness (QED) is 0.640. The highest BCUT2D eigenvalue weighted by atomic mass is 79.9. The van der Waals surface area contributed by atoms with Crippen LogP contribution in [0.1, 0.15) is 5.56 Å². The van der Waals surface area contributed by atoms with Crippen molar-refractivity contribution in [1.29, 1.82) is 0 Å². The number of thioether (sulfide) groups is 1. The number of benzene rings is 1. The molecule has 0 saturated heterocycles. The van der Waals surface area contributed by atoms with E-state index in [-0.39, 0.29) is 5.82 Å². The molecule has 0 atom stereocenters. The molecule has 0 aromatic heterocycles. The van der Waals surface area contributed by atoms with Crippen molar-refractivity contribution in [1.82, 2.24) is 5.32 Å². The smallest absolute Gasteiger partial charge is 0.124 e. The van der Waals surface area contributed by atoms with Crippen LogP contribution in [-0.2, 0) is 6.54 Å². The summed E-state index contributed by atoms with van der Waals surface area (Å²) in [5.41, 5.74) is 0.939. The second-order valence-corrected chi connectivity index (χ2v) is 5.23. The predicted molar refractivity (Wildman–Crippen MR) is 72.0 cm³/mol. The Balaban J connectivity index is 2.24. The minimum absolute atomic E-state index is 0.215. The maximum Gasteiger partial charge on any atom is 0.124 e. The zero-order valence-electron chi connectivity index (χ0n) is 8.80. The molecule has 0 amide bonds. The van der Waals surface area contributed by atoms with Crippen molar-refractivity contribution < 1.29 is 4.39 Å². The van der Waals surface area contributed by atoms with Crippen molar-refractivity contribution in [2.24, 2.45) is 0 Å². The van der Waals surface area contributed by atoms with Gasteiger partial charge in [-0.05, 0) is 23.8 Å². The maximum atomic E-state index is 13.0. The van der Waals surface area contributed by atoms with Gasteiger partial charge in [0, 0.05) is 23.3 Å². The van der Waals surface area contributed by atoms with Crippen molar-refractivity contribution in [3.05, 3.63) is 34.1 Å². The number of terminal acetylenes is 1. The van der Waals surface area contributed by atoms with E-state index in [0.717, 1.165) is 28.1 Å². The van der Waals surface area contributed by atoms with Crippen molar-refractivity contribution in [3.63, 3.8) is 0 Å². The average Bonchev–Trinajstić information content (AvgIpc) is 2.22. The first-order valence-corrected chi connectivity index (χ1v) is 6.84. The molecule has 1 N–H and O–H groups in total. The van der Waals surface area contributed by atoms with Crippen molar-refractivity contribution in [2.45, 2.75) is 6.54 Å². The summed E-state index contributed by atoms with van der Waals surface area (Å²) in [5, 5.41) is 3.24. The number of nitrogens with one attached hydrogen (secondary N) is 1. The van der Waals surface area contributed by atoms with Gasteiger partial charge in [-0.15, -0.1) is 18.2 Å². The molecule has 0 aliphatic heterocycles. The monoisotopic (exact) mass is 301 g/mol. The van der Waals surface area contributed by atoms with Gasteiger partial charge in [-0.25, -0.2) is 4.39 Å². The molecule has 0 unspecified atom stereocenters. The average molecular weight is 302 g/mol. The summed E-state index contributed by atoms with van der Waals surface area (Å²) in [6.45, 7) is 1.55. The Bertz CT molecular complexity index is 356. The number of halogens is 2. The molecule has 0 saturated carbocycles. The SMILES string of the molecule is C#CCSCCNCc1cc(F)cc(Br)c1. The van der Waals surface area contributed by atoms with Gasteiger partial charge in [0.2, 0.25) is 0 Å². The normalized spacial score (nSPS) is 10.1. The molecule has 1 nitrogen and oxygen atoms in total. The van der Waals surface area contributed by atoms with Crippen LogP contribution in [-0.4, -0.2) is 18.1 Å². The Hall–Kier alpha value is -0.500. The van der Waals surface area contributed by atoms with Gasteiger partial charge in [-0.2, -0.15) is 0 Å². The van der Waals surface area contributed by atoms with Gasteiger partial charge in [0.1, 0.15) is 5.82 Å². The summed E-state index contributed by atoms with van der Waals surface area (Å²) < 4.78 is 13.8. The Morgan fingerprint density at radius 3 is 2.94 bits per heavy atom. The van der Waals surface area contributed by atoms with Gasteiger partial charge < -0.3 is 5.32 Å². The van der Waals surface area contributed by atoms with Gasteiger partial charge in [0.05, 0.1) is 5.75 Å². The number of rotatable bonds is 6. The highest BCUT2D eigenvalue weighted by Gasteiger charge is 1.98. The summed E-state index contributed by atoms with van der Waals surface area (Å²) in [7, 11) is 0. The van der Waals surface area contributed by atoms with Crippen molar-refractivity contribution in [2.75, 3.05) is 18.1 Å². The van der Waals surface area contributed by atoms with E-state index in [1.165, 1.54) is 12.1 Å². The van der Waals surface area contributed by atoms with Crippen molar-refractivity contribution in [3.8, 4) is 12.3 Å². The van der Waals surface area contributed by atoms with Crippen LogP contribution in [0.3, 0.4) is 0 Å². The van der Waals surface area contributed by atoms with Crippen LogP contribution < -0.4 is 5.32 Å². The largest absolute Gasteiger partial charge is 0.312 e. The molecule has 0 bridgehead atoms. The first kappa shape index (κ1) is 13.6. The van der Waals surface area contributed by atoms with E-state index < -0.39 is 0 Å². The molecule has 1 aromatic carbocycles. The summed E-state index contributed by atoms with van der Waals surface area (Å²) in [6, 6.07) is 4.89. The van der Waals surface area contributed by atoms with Crippen LogP contribution >= 0.6 is 27.7 Å². The van der Waals surface area contributed by atoms with E-state index in [9.17, 15) is 4.39 Å². The fraction of sp³-hybridized carbons (Fsp3) is 0.333. The van der Waals surface area contributed by atoms with Gasteiger partial charge >= 0.3 is 0 Å². The Kier molecular flexibility index (Phi) is 6.55. The Morgan fingerprint density at radius 2 is 2.25 bits per heavy atom. The lowest BCUT2D eigenvalue weighted by molar-refractivity contribution is 0.621. The lowest BCUT2D eigenvalue weighted by Crippen LogP contribution is -2.16. The highest BCUT2D eigenvalue weighted by Crippen LogP contribution is 2.14. The van der Waals surface area contributed by atoms with Crippen LogP contribution in [0.2, 0.25) is 0 Å². The molecule has 1 aromatic rings. The van der Waals surface area contributed by atoms with E-state index in [1.54, 1.807) is 11.8 Å². The summed E-state index contributed by atoms with van der Waals surface area (Å²) in [5.74, 6) is 4.07. The third-order valence-corrected chi connectivity index (χ3v) is 3.18. The number of hydrogen-bond donors (Lipinski definition) is 1. The van der Waals surface area contributed by atoms with Gasteiger partial charge in [0.25, 0.3) is 0 Å². The minimum Gasteiger partial charge on any atom is -0.312 e. The molecule has 0 spiro atoms. The van der Waals surface area contributed by atoms with Crippen LogP contribution in [0.15, 0.2) is 22.7 Å². The molecule has 0 heterocycles. The molecule has 1 rings (SSSR count). The molecule has 86 valence electrons. The lowest BCUT2D eigenvalue weighted by Gasteiger charge is -2.05. The van der Waals surface area contributed by atoms with Gasteiger partial charge in [-0.1, -0.05) is 21.9 Å². The van der Waals surface area contributed by atoms with E-state index >= 15 is 0 Å². The lowest BCUT2D eigenvalue weighted by atomic mass is 10.2. The fourth-order valence-corrected chi connectivity index (χ4v) is 2.28. The predicted octanol–water partition coefficient (Wildman–Crippen LogP) is 3.04. The topological polar surface area (TPSA) is 12.0 Å². The first-order chi connectivity index (χ1) is 7.72. The molecule has 4 heteroatoms. The Morgan fingerprint density at radius 1 is 1.44 bits per heavy atom. The zero-order valence-corrected chi connectivity index (χ0v) is 11.2. The van der Waals surface area contributed by atoms with E-state index in [2.05, 4.69) is 27.2 Å². The summed E-state index contributed by atoms with van der Waals surface area (Å²) >= 11 is 4.97. The van der Waals surface area contributed by atoms with Crippen LogP contribution in [0, 0.1) is 18.2 Å². The zero-order chi connectivity index (χ0) is 11.8. The van der Waals surface area contributed by atoms with Gasteiger partial charge in [0.15, 0.2) is 0 Å². The molecular weight excluding hydrogens is 289 g/mol. The standard InChI is InChI=1S/C12H13BrFNS/c1-2-4-16-5-3-15-9-10-6-11(13)8-12(14)7-10/h1,6-8,15H,3-5,9H2. The maximum absolute atomic E-state index is 13.0. The molecule has 16 heavy (non-hydrogen) atoms. The summed E-state index contributed by atoms with van der Waals surface area (Å²) in [6.07, 6.45) is 5.13. The molecule has 0 aliphatic rings. The summed E-state index contributed by atoms with van der Waals surface area (Å²) in [4.78, 5) is 0. The third-order valence-electron chi connectivity index (χ3n) is 1.86. The second-order valence-electron chi connectivity index (χ2n) is 3.21. The highest BCUT2D eigenvalue weighted by molar-refractivity contribution is 9.10. The molecular formula is C12H13BrFNS. The molecule has 0 fully saturated rings. The van der Waals surface area contributed by atoms with Gasteiger partial charge in [-0.3, -0.25) is 0 Å². The van der Waals surface area contributed by atoms with Crippen LogP contribution in [0.25, 0.3) is 0 Å². The minimum atomic E-state index is -0.215. The van der Waals surface area contributed by atoms with E-state index in [4.69, 9.17) is 6.42 Å². The van der Waals surface area contributed by atoms with Crippen LogP contribution in [0.5, 0.6) is 0 Å². The molecule has 0 aliphatic carbocycles. The Labute approximate surface area is 108 Å². The van der Waals surface area contributed by atoms with E-state index in [1.807, 2.05) is 6.07 Å². The first-order valence-electron chi connectivity index (χ1n) is 4.89. The number of hydrogen-bond acceptors (Lipinski definition) is 2. The fourth-order valence-electron chi connectivity index (χ4n) is 1.22. The van der Waals surface area contributed by atoms with E-state index in [0.29, 0.717) is 6.54 Å². The third kappa shape index (κ3) is 5.55. The van der Waals surface area contributed by atoms with Crippen molar-refractivity contribution >= 4 is 27.7 Å².